The van der Waals surface area contributed by atoms with Gasteiger partial charge in [-0.25, -0.2) is 18.7 Å². The van der Waals surface area contributed by atoms with Crippen molar-refractivity contribution in [3.05, 3.63) is 266 Å². The zero-order valence-electron chi connectivity index (χ0n) is 74.6. The number of aryl methyl sites for hydroxylation is 18. The van der Waals surface area contributed by atoms with Gasteiger partial charge >= 0.3 is 5.78 Å². The summed E-state index contributed by atoms with van der Waals surface area (Å²) in [4.78, 5) is 8.80. The quantitative estimate of drug-likeness (QED) is 0.161. The van der Waals surface area contributed by atoms with E-state index in [4.69, 9.17) is 38.5 Å². The van der Waals surface area contributed by atoms with E-state index in [1.165, 1.54) is 27.5 Å². The van der Waals surface area contributed by atoms with Crippen LogP contribution in [0.1, 0.15) is 107 Å². The number of benzene rings is 10. The van der Waals surface area contributed by atoms with Gasteiger partial charge in [0, 0.05) is 122 Å². The normalized spacial score (nSPS) is 15.3. The number of anilines is 1. The molecule has 0 amide bonds. The number of pyridine rings is 3. The van der Waals surface area contributed by atoms with Gasteiger partial charge in [0.25, 0.3) is 0 Å². The number of hydrogen-bond donors (Lipinski definition) is 0. The summed E-state index contributed by atoms with van der Waals surface area (Å²) in [5, 5.41) is 13.4. The van der Waals surface area contributed by atoms with Crippen LogP contribution in [0.4, 0.5) is 5.69 Å². The van der Waals surface area contributed by atoms with Gasteiger partial charge in [-0.3, -0.25) is 0 Å². The van der Waals surface area contributed by atoms with Crippen LogP contribution in [0.5, 0.6) is 0 Å². The average molecular weight is 1410 g/mol. The second-order valence-electron chi connectivity index (χ2n) is 29.2. The van der Waals surface area contributed by atoms with E-state index < -0.39 is 27.4 Å². The van der Waals surface area contributed by atoms with Gasteiger partial charge in [0.05, 0.1) is 22.1 Å². The van der Waals surface area contributed by atoms with Gasteiger partial charge in [-0.1, -0.05) is 102 Å². The van der Waals surface area contributed by atoms with Crippen molar-refractivity contribution in [2.75, 3.05) is 11.9 Å². The SMILES string of the molecule is Cc1nc2c(o1)oc1cc(N3C=CN(C)[C@@H]3C)c(C)cc12.[2H]C([2H])([2H])c1c[n+](C)c(-c2c(C)cc(C([2H])([2H])[2H])c3c2oc2cc4ccc(C)cc4cc23)cc1C.[2H]C([2H])([2H])c1c[n+](C)c(-c2c(C)ccc3c2oc2cc4cc(C)ccc4cc23)cc1C.[2H]C([2H])([2H])c1c[n+](C)c(-c2c(C)ccc3c2oc2cc4ccc(C)cc4cc23)cc1C. The second-order valence-corrected chi connectivity index (χ2v) is 29.2. The number of fused-ring (bicyclic) bond motifs is 15. The summed E-state index contributed by atoms with van der Waals surface area (Å²) in [5.41, 5.74) is 23.7. The van der Waals surface area contributed by atoms with Crippen LogP contribution in [0.15, 0.2) is 205 Å². The molecule has 10 aromatic carbocycles. The minimum absolute atomic E-state index is 0.248. The monoisotopic (exact) mass is 1410 g/mol. The molecule has 1 aliphatic heterocycles. The highest BCUT2D eigenvalue weighted by Crippen LogP contribution is 2.44. The van der Waals surface area contributed by atoms with Gasteiger partial charge in [0.15, 0.2) is 30.0 Å². The summed E-state index contributed by atoms with van der Waals surface area (Å²) in [7, 11) is 7.65. The molecule has 0 saturated carbocycles. The molecule has 11 nitrogen and oxygen atoms in total. The van der Waals surface area contributed by atoms with Crippen LogP contribution in [-0.4, -0.2) is 23.1 Å². The van der Waals surface area contributed by atoms with Crippen molar-refractivity contribution in [1.29, 1.82) is 0 Å². The fourth-order valence-electron chi connectivity index (χ4n) is 15.4. The second kappa shape index (κ2) is 26.1. The van der Waals surface area contributed by atoms with Crippen molar-refractivity contribution in [2.45, 2.75) is 117 Å². The van der Waals surface area contributed by atoms with Gasteiger partial charge in [-0.15, -0.1) is 0 Å². The predicted octanol–water partition coefficient (Wildman–Crippen LogP) is 23.5. The lowest BCUT2D eigenvalue weighted by molar-refractivity contribution is -0.660. The van der Waals surface area contributed by atoms with E-state index in [1.54, 1.807) is 43.2 Å². The van der Waals surface area contributed by atoms with E-state index in [2.05, 4.69) is 179 Å². The number of furan rings is 4. The lowest BCUT2D eigenvalue weighted by Crippen LogP contribution is -2.33. The summed E-state index contributed by atoms with van der Waals surface area (Å²) in [6.07, 6.45) is 9.52. The molecule has 0 radical (unpaired) electrons. The zero-order chi connectivity index (χ0) is 84.3. The van der Waals surface area contributed by atoms with E-state index in [1.807, 2.05) is 100 Å². The third-order valence-corrected chi connectivity index (χ3v) is 21.4. The molecule has 528 valence electrons. The first-order chi connectivity index (χ1) is 55.6. The molecule has 0 spiro atoms. The van der Waals surface area contributed by atoms with Crippen molar-refractivity contribution >= 4 is 126 Å². The maximum Gasteiger partial charge on any atom is 0.319 e. The van der Waals surface area contributed by atoms with Crippen molar-refractivity contribution in [1.82, 2.24) is 9.88 Å². The highest BCUT2D eigenvalue weighted by molar-refractivity contribution is 6.17. The van der Waals surface area contributed by atoms with Gasteiger partial charge < -0.3 is 31.9 Å². The van der Waals surface area contributed by atoms with E-state index in [0.717, 1.165) is 160 Å². The molecule has 19 rings (SSSR count). The Kier molecular flexibility index (Phi) is 13.7. The summed E-state index contributed by atoms with van der Waals surface area (Å²) >= 11 is 0. The molecule has 0 N–H and O–H groups in total. The van der Waals surface area contributed by atoms with Crippen molar-refractivity contribution < 1.29 is 52.2 Å². The van der Waals surface area contributed by atoms with Crippen LogP contribution in [0.25, 0.3) is 154 Å². The van der Waals surface area contributed by atoms with Crippen LogP contribution in [0, 0.1) is 104 Å². The van der Waals surface area contributed by atoms with Gasteiger partial charge in [0.2, 0.25) is 17.1 Å². The largest absolute Gasteiger partial charge is 0.455 e. The molecule has 11 heteroatoms. The fourth-order valence-corrected chi connectivity index (χ4v) is 15.4. The molecule has 0 unspecified atom stereocenters. The van der Waals surface area contributed by atoms with Crippen molar-refractivity contribution in [2.24, 2.45) is 21.1 Å². The third-order valence-electron chi connectivity index (χ3n) is 21.4. The molecule has 8 aromatic heterocycles. The van der Waals surface area contributed by atoms with Crippen LogP contribution in [0.3, 0.4) is 0 Å². The Morgan fingerprint density at radius 1 is 0.358 bits per heavy atom. The van der Waals surface area contributed by atoms with Gasteiger partial charge in [0.1, 0.15) is 66.4 Å². The zero-order valence-corrected chi connectivity index (χ0v) is 62.6. The van der Waals surface area contributed by atoms with E-state index in [-0.39, 0.29) is 11.1 Å². The molecule has 9 heterocycles. The number of rotatable bonds is 4. The average Bonchev–Trinajstić information content (AvgIpc) is 1.55. The molecule has 1 atom stereocenters. The van der Waals surface area contributed by atoms with Gasteiger partial charge in [-0.2, -0.15) is 0 Å². The van der Waals surface area contributed by atoms with Crippen LogP contribution in [-0.2, 0) is 21.1 Å². The molecule has 1 aliphatic rings. The predicted molar refractivity (Wildman–Crippen MR) is 437 cm³/mol. The first-order valence-electron chi connectivity index (χ1n) is 41.7. The molecule has 0 aliphatic carbocycles. The Bertz CT molecular complexity index is 7170. The minimum atomic E-state index is -2.33. The molecule has 0 bridgehead atoms. The summed E-state index contributed by atoms with van der Waals surface area (Å²) in [6.45, 7) is 15.0. The lowest BCUT2D eigenvalue weighted by atomic mass is 9.95. The van der Waals surface area contributed by atoms with Crippen molar-refractivity contribution in [3.8, 4) is 33.8 Å². The van der Waals surface area contributed by atoms with Gasteiger partial charge in [-0.05, 0) is 223 Å². The number of aromatic nitrogens is 4. The third kappa shape index (κ3) is 11.9. The van der Waals surface area contributed by atoms with E-state index in [0.29, 0.717) is 51.1 Å². The first kappa shape index (κ1) is 55.7. The topological polar surface area (TPSA) is 96.7 Å². The molecule has 106 heavy (non-hydrogen) atoms. The molecule has 18 aromatic rings. The maximum absolute atomic E-state index is 8.23. The number of nitrogens with zero attached hydrogens (tertiary/aromatic N) is 6. The Morgan fingerprint density at radius 3 is 1.28 bits per heavy atom. The lowest BCUT2D eigenvalue weighted by Gasteiger charge is -2.28. The minimum Gasteiger partial charge on any atom is -0.455 e. The molecular weight excluding hydrogens is 1310 g/mol. The fraction of sp³-hybridized carbons (Fsp3) is 0.221. The molecular formula is C95H91N6O5+3. The maximum atomic E-state index is 8.23. The smallest absolute Gasteiger partial charge is 0.319 e. The van der Waals surface area contributed by atoms with Crippen LogP contribution >= 0.6 is 0 Å². The molecule has 0 saturated heterocycles. The highest BCUT2D eigenvalue weighted by atomic mass is 16.5. The first-order valence-corrected chi connectivity index (χ1v) is 35.7. The van der Waals surface area contributed by atoms with Crippen molar-refractivity contribution in [3.63, 3.8) is 0 Å². The Balaban J connectivity index is 0.000000119. The molecule has 0 fully saturated rings. The summed E-state index contributed by atoms with van der Waals surface area (Å²) in [5.74, 6) is 1.13. The van der Waals surface area contributed by atoms with Crippen LogP contribution in [0.2, 0.25) is 0 Å². The summed E-state index contributed by atoms with van der Waals surface area (Å²) in [6, 6.07) is 51.7. The standard InChI is InChI=1S/C27H26NO.2C26H24NO.C16H17N3O2/c1-15-7-8-20-13-24-22(12-21(20)9-15)25-17(3)10-18(4)26(27(25)29-24)23-11-16(2)19(5)14-28(23)6;1-15-6-8-19-13-24-22(12-20(19)10-15)21-9-7-16(2)25(26(21)28-24)23-11-17(3)18(4)14-27(23)5;1-15-6-8-19-12-22-21-9-7-16(2)25(23-11-17(3)18(4)14-27(23)5)26(21)28-24(22)13-20(19)10-15;1-9-7-12-14(21-16-15(12)17-10(2)20-16)8-13(9)19-6-5-18(4)11(19)3/h7-14H,1-6H3;2*6-14H,1-5H3;5-8,11H,1-4H3/q3*+1;/t;;;11-/m...0/s1/i3D3,5D3;2*4D3;. The van der Waals surface area contributed by atoms with Crippen LogP contribution < -0.4 is 18.6 Å². The Hall–Kier alpha value is -11.8. The Labute approximate surface area is 635 Å². The highest BCUT2D eigenvalue weighted by Gasteiger charge is 2.28. The van der Waals surface area contributed by atoms with E-state index >= 15 is 0 Å². The number of hydrogen-bond acceptors (Lipinski definition) is 8. The van der Waals surface area contributed by atoms with E-state index in [9.17, 15) is 0 Å². The Morgan fingerprint density at radius 2 is 0.792 bits per heavy atom. The number of oxazole rings is 1. The summed E-state index contributed by atoms with van der Waals surface area (Å²) < 4.78 is 131.